The predicted molar refractivity (Wildman–Crippen MR) is 103 cm³/mol. The van der Waals surface area contributed by atoms with Crippen LogP contribution in [-0.2, 0) is 13.0 Å². The van der Waals surface area contributed by atoms with Crippen molar-refractivity contribution in [1.82, 2.24) is 15.3 Å². The molecule has 5 nitrogen and oxygen atoms in total. The Labute approximate surface area is 157 Å². The van der Waals surface area contributed by atoms with Gasteiger partial charge in [0.05, 0.1) is 23.5 Å². The number of rotatable bonds is 7. The van der Waals surface area contributed by atoms with Crippen molar-refractivity contribution in [2.45, 2.75) is 13.0 Å². The van der Waals surface area contributed by atoms with E-state index in [1.807, 2.05) is 42.5 Å². The fourth-order valence-electron chi connectivity index (χ4n) is 2.48. The highest BCUT2D eigenvalue weighted by atomic mass is 35.5. The smallest absolute Gasteiger partial charge is 0.253 e. The van der Waals surface area contributed by atoms with Crippen LogP contribution in [-0.4, -0.2) is 22.4 Å². The molecule has 2 N–H and O–H groups in total. The molecule has 0 spiro atoms. The summed E-state index contributed by atoms with van der Waals surface area (Å²) in [7, 11) is 0. The van der Waals surface area contributed by atoms with Gasteiger partial charge >= 0.3 is 0 Å². The van der Waals surface area contributed by atoms with Crippen LogP contribution in [0.2, 0.25) is 5.02 Å². The van der Waals surface area contributed by atoms with Gasteiger partial charge in [-0.1, -0.05) is 29.8 Å². The molecular weight excluding hydrogens is 348 g/mol. The second kappa shape index (κ2) is 8.97. The Bertz CT molecular complexity index is 870. The maximum Gasteiger partial charge on any atom is 0.253 e. The summed E-state index contributed by atoms with van der Waals surface area (Å²) in [6.07, 6.45) is 5.79. The molecule has 6 heteroatoms. The van der Waals surface area contributed by atoms with Gasteiger partial charge in [0, 0.05) is 30.2 Å². The molecular formula is C20H19ClN4O. The van der Waals surface area contributed by atoms with Gasteiger partial charge < -0.3 is 10.6 Å². The molecule has 132 valence electrons. The lowest BCUT2D eigenvalue weighted by molar-refractivity contribution is 0.0950. The Balaban J connectivity index is 1.53. The van der Waals surface area contributed by atoms with Gasteiger partial charge in [-0.3, -0.25) is 14.8 Å². The Hall–Kier alpha value is -2.92. The van der Waals surface area contributed by atoms with Crippen molar-refractivity contribution < 1.29 is 4.79 Å². The van der Waals surface area contributed by atoms with Crippen LogP contribution in [0.15, 0.2) is 67.1 Å². The number of nitrogens with one attached hydrogen (secondary N) is 2. The van der Waals surface area contributed by atoms with Gasteiger partial charge in [-0.15, -0.1) is 0 Å². The second-order valence-electron chi connectivity index (χ2n) is 5.77. The van der Waals surface area contributed by atoms with Crippen molar-refractivity contribution in [3.05, 3.63) is 89.0 Å². The largest absolute Gasteiger partial charge is 0.383 e. The third-order valence-corrected chi connectivity index (χ3v) is 4.02. The maximum atomic E-state index is 12.3. The monoisotopic (exact) mass is 366 g/mol. The zero-order chi connectivity index (χ0) is 18.2. The molecule has 0 aliphatic heterocycles. The van der Waals surface area contributed by atoms with E-state index >= 15 is 0 Å². The van der Waals surface area contributed by atoms with E-state index in [1.165, 1.54) is 0 Å². The van der Waals surface area contributed by atoms with Crippen LogP contribution in [0.1, 0.15) is 21.6 Å². The minimum atomic E-state index is -0.179. The summed E-state index contributed by atoms with van der Waals surface area (Å²) in [5.74, 6) is -0.179. The highest BCUT2D eigenvalue weighted by Crippen LogP contribution is 2.12. The van der Waals surface area contributed by atoms with E-state index in [1.54, 1.807) is 24.7 Å². The average molecular weight is 367 g/mol. The minimum Gasteiger partial charge on any atom is -0.383 e. The molecule has 0 fully saturated rings. The number of benzene rings is 1. The van der Waals surface area contributed by atoms with E-state index in [9.17, 15) is 4.79 Å². The van der Waals surface area contributed by atoms with Crippen molar-refractivity contribution in [2.24, 2.45) is 0 Å². The fourth-order valence-corrected chi connectivity index (χ4v) is 2.69. The Morgan fingerprint density at radius 1 is 1.08 bits per heavy atom. The number of hydrogen-bond acceptors (Lipinski definition) is 4. The van der Waals surface area contributed by atoms with Crippen LogP contribution < -0.4 is 10.6 Å². The van der Waals surface area contributed by atoms with Crippen LogP contribution in [0, 0.1) is 0 Å². The van der Waals surface area contributed by atoms with Gasteiger partial charge in [-0.25, -0.2) is 0 Å². The standard InChI is InChI=1S/C20H19ClN4O/c21-17-5-3-4-15(10-17)7-9-24-19-11-16(12-22-13-19)20(26)25-14-18-6-1-2-8-23-18/h1-6,8,10-13,24H,7,9,14H2,(H,25,26). The first kappa shape index (κ1) is 17.9. The van der Waals surface area contributed by atoms with Gasteiger partial charge in [0.25, 0.3) is 5.91 Å². The zero-order valence-electron chi connectivity index (χ0n) is 14.2. The van der Waals surface area contributed by atoms with Crippen LogP contribution >= 0.6 is 11.6 Å². The van der Waals surface area contributed by atoms with Crippen LogP contribution in [0.25, 0.3) is 0 Å². The Kier molecular flexibility index (Phi) is 6.17. The summed E-state index contributed by atoms with van der Waals surface area (Å²) in [5, 5.41) is 6.86. The molecule has 0 saturated heterocycles. The fraction of sp³-hybridized carbons (Fsp3) is 0.150. The quantitative estimate of drug-likeness (QED) is 0.668. The molecule has 0 unspecified atom stereocenters. The van der Waals surface area contributed by atoms with Crippen molar-refractivity contribution >= 4 is 23.2 Å². The highest BCUT2D eigenvalue weighted by Gasteiger charge is 2.07. The van der Waals surface area contributed by atoms with Crippen molar-refractivity contribution in [3.63, 3.8) is 0 Å². The van der Waals surface area contributed by atoms with E-state index in [-0.39, 0.29) is 5.91 Å². The summed E-state index contributed by atoms with van der Waals surface area (Å²) in [6, 6.07) is 15.2. The molecule has 2 aromatic heterocycles. The summed E-state index contributed by atoms with van der Waals surface area (Å²) in [5.41, 5.74) is 3.28. The molecule has 0 aliphatic rings. The van der Waals surface area contributed by atoms with E-state index in [0.29, 0.717) is 12.1 Å². The van der Waals surface area contributed by atoms with Crippen molar-refractivity contribution in [1.29, 1.82) is 0 Å². The molecule has 0 radical (unpaired) electrons. The van der Waals surface area contributed by atoms with Gasteiger partial charge in [0.15, 0.2) is 0 Å². The van der Waals surface area contributed by atoms with Crippen LogP contribution in [0.3, 0.4) is 0 Å². The lowest BCUT2D eigenvalue weighted by Crippen LogP contribution is -2.23. The van der Waals surface area contributed by atoms with Gasteiger partial charge in [0.1, 0.15) is 0 Å². The molecule has 1 aromatic carbocycles. The highest BCUT2D eigenvalue weighted by molar-refractivity contribution is 6.30. The molecule has 26 heavy (non-hydrogen) atoms. The van der Waals surface area contributed by atoms with E-state index in [0.717, 1.165) is 34.9 Å². The van der Waals surface area contributed by atoms with Gasteiger partial charge in [0.2, 0.25) is 0 Å². The molecule has 0 bridgehead atoms. The van der Waals surface area contributed by atoms with E-state index in [4.69, 9.17) is 11.6 Å². The van der Waals surface area contributed by atoms with Gasteiger partial charge in [-0.2, -0.15) is 0 Å². The zero-order valence-corrected chi connectivity index (χ0v) is 14.9. The Morgan fingerprint density at radius 3 is 2.81 bits per heavy atom. The van der Waals surface area contributed by atoms with E-state index < -0.39 is 0 Å². The van der Waals surface area contributed by atoms with Crippen molar-refractivity contribution in [3.8, 4) is 0 Å². The number of nitrogens with zero attached hydrogens (tertiary/aromatic N) is 2. The number of aromatic nitrogens is 2. The molecule has 3 aromatic rings. The summed E-state index contributed by atoms with van der Waals surface area (Å²) in [6.45, 7) is 1.10. The first-order valence-corrected chi connectivity index (χ1v) is 8.70. The molecule has 0 atom stereocenters. The van der Waals surface area contributed by atoms with Crippen molar-refractivity contribution in [2.75, 3.05) is 11.9 Å². The molecule has 2 heterocycles. The average Bonchev–Trinajstić information content (AvgIpc) is 2.67. The van der Waals surface area contributed by atoms with E-state index in [2.05, 4.69) is 20.6 Å². The first-order valence-electron chi connectivity index (χ1n) is 8.32. The summed E-state index contributed by atoms with van der Waals surface area (Å²) in [4.78, 5) is 20.6. The number of anilines is 1. The molecule has 1 amide bonds. The first-order chi connectivity index (χ1) is 12.7. The SMILES string of the molecule is O=C(NCc1ccccn1)c1cncc(NCCc2cccc(Cl)c2)c1. The molecule has 0 aliphatic carbocycles. The topological polar surface area (TPSA) is 66.9 Å². The normalized spacial score (nSPS) is 10.3. The molecule has 0 saturated carbocycles. The lowest BCUT2D eigenvalue weighted by Gasteiger charge is -2.09. The van der Waals surface area contributed by atoms with Crippen LogP contribution in [0.5, 0.6) is 0 Å². The second-order valence-corrected chi connectivity index (χ2v) is 6.21. The van der Waals surface area contributed by atoms with Crippen LogP contribution in [0.4, 0.5) is 5.69 Å². The van der Waals surface area contributed by atoms with Gasteiger partial charge in [-0.05, 0) is 42.3 Å². The number of hydrogen-bond donors (Lipinski definition) is 2. The number of carbonyl (C=O) groups is 1. The maximum absolute atomic E-state index is 12.3. The lowest BCUT2D eigenvalue weighted by atomic mass is 10.1. The number of pyridine rings is 2. The minimum absolute atomic E-state index is 0.179. The summed E-state index contributed by atoms with van der Waals surface area (Å²) < 4.78 is 0. The number of carbonyl (C=O) groups excluding carboxylic acids is 1. The molecule has 3 rings (SSSR count). The number of amides is 1. The third-order valence-electron chi connectivity index (χ3n) is 3.79. The predicted octanol–water partition coefficient (Wildman–Crippen LogP) is 3.71. The summed E-state index contributed by atoms with van der Waals surface area (Å²) >= 11 is 5.99. The number of halogens is 1. The Morgan fingerprint density at radius 2 is 2.00 bits per heavy atom. The third kappa shape index (κ3) is 5.29.